The molecular formula is C12H11FN2O. The van der Waals surface area contributed by atoms with Gasteiger partial charge in [0.15, 0.2) is 0 Å². The predicted molar refractivity (Wildman–Crippen MR) is 57.2 cm³/mol. The molecule has 1 heterocycles. The van der Waals surface area contributed by atoms with Crippen LogP contribution in [0, 0.1) is 12.7 Å². The number of rotatable bonds is 2. The molecule has 1 aromatic carbocycles. The van der Waals surface area contributed by atoms with E-state index in [2.05, 4.69) is 9.97 Å². The van der Waals surface area contributed by atoms with Gasteiger partial charge in [0, 0.05) is 18.0 Å². The zero-order valence-corrected chi connectivity index (χ0v) is 8.76. The quantitative estimate of drug-likeness (QED) is 0.838. The van der Waals surface area contributed by atoms with Gasteiger partial charge in [0.05, 0.1) is 0 Å². The summed E-state index contributed by atoms with van der Waals surface area (Å²) in [7, 11) is 0. The van der Waals surface area contributed by atoms with Gasteiger partial charge in [0.25, 0.3) is 0 Å². The van der Waals surface area contributed by atoms with Crippen LogP contribution < -0.4 is 0 Å². The highest BCUT2D eigenvalue weighted by Gasteiger charge is 2.12. The zero-order valence-electron chi connectivity index (χ0n) is 8.76. The van der Waals surface area contributed by atoms with Gasteiger partial charge >= 0.3 is 0 Å². The molecule has 1 aromatic heterocycles. The number of aryl methyl sites for hydroxylation is 1. The van der Waals surface area contributed by atoms with E-state index in [0.717, 1.165) is 5.56 Å². The number of benzene rings is 1. The summed E-state index contributed by atoms with van der Waals surface area (Å²) in [4.78, 5) is 7.62. The molecule has 0 aliphatic carbocycles. The standard InChI is InChI=1S/C12H11FN2O/c1-8-2-9(4-11(13)3-8)12(16)10-5-14-7-15-6-10/h2-7,12,16H,1H3. The fourth-order valence-corrected chi connectivity index (χ4v) is 1.57. The van der Waals surface area contributed by atoms with Crippen molar-refractivity contribution >= 4 is 0 Å². The van der Waals surface area contributed by atoms with Crippen molar-refractivity contribution in [1.29, 1.82) is 0 Å². The van der Waals surface area contributed by atoms with Crippen molar-refractivity contribution in [2.45, 2.75) is 13.0 Å². The minimum absolute atomic E-state index is 0.356. The molecule has 2 aromatic rings. The summed E-state index contributed by atoms with van der Waals surface area (Å²) in [5.74, 6) is -0.356. The van der Waals surface area contributed by atoms with Gasteiger partial charge in [-0.05, 0) is 30.2 Å². The molecule has 1 atom stereocenters. The van der Waals surface area contributed by atoms with E-state index in [1.165, 1.54) is 30.9 Å². The van der Waals surface area contributed by atoms with E-state index in [-0.39, 0.29) is 5.82 Å². The van der Waals surface area contributed by atoms with E-state index in [0.29, 0.717) is 11.1 Å². The first-order valence-electron chi connectivity index (χ1n) is 4.87. The highest BCUT2D eigenvalue weighted by atomic mass is 19.1. The molecule has 4 heteroatoms. The van der Waals surface area contributed by atoms with Crippen LogP contribution in [0.4, 0.5) is 4.39 Å². The molecule has 0 aliphatic heterocycles. The van der Waals surface area contributed by atoms with Gasteiger partial charge in [-0.3, -0.25) is 0 Å². The number of hydrogen-bond donors (Lipinski definition) is 1. The Morgan fingerprint density at radius 3 is 2.44 bits per heavy atom. The van der Waals surface area contributed by atoms with Gasteiger partial charge in [-0.15, -0.1) is 0 Å². The van der Waals surface area contributed by atoms with Crippen molar-refractivity contribution in [3.63, 3.8) is 0 Å². The van der Waals surface area contributed by atoms with Gasteiger partial charge in [0.1, 0.15) is 18.2 Å². The van der Waals surface area contributed by atoms with Crippen LogP contribution in [0.3, 0.4) is 0 Å². The van der Waals surface area contributed by atoms with Crippen LogP contribution in [0.5, 0.6) is 0 Å². The Balaban J connectivity index is 2.37. The predicted octanol–water partition coefficient (Wildman–Crippen LogP) is 2.01. The smallest absolute Gasteiger partial charge is 0.123 e. The minimum Gasteiger partial charge on any atom is -0.384 e. The summed E-state index contributed by atoms with van der Waals surface area (Å²) >= 11 is 0. The molecule has 0 fully saturated rings. The largest absolute Gasteiger partial charge is 0.384 e. The van der Waals surface area contributed by atoms with E-state index in [4.69, 9.17) is 0 Å². The Hall–Kier alpha value is -1.81. The second-order valence-corrected chi connectivity index (χ2v) is 3.64. The van der Waals surface area contributed by atoms with Crippen molar-refractivity contribution in [3.05, 3.63) is 59.4 Å². The minimum atomic E-state index is -0.893. The van der Waals surface area contributed by atoms with Crippen molar-refractivity contribution in [2.75, 3.05) is 0 Å². The third-order valence-electron chi connectivity index (χ3n) is 2.28. The van der Waals surface area contributed by atoms with Crippen LogP contribution in [0.15, 0.2) is 36.9 Å². The van der Waals surface area contributed by atoms with Gasteiger partial charge in [-0.2, -0.15) is 0 Å². The number of aliphatic hydroxyl groups is 1. The number of halogens is 1. The molecule has 0 spiro atoms. The van der Waals surface area contributed by atoms with Gasteiger partial charge in [-0.25, -0.2) is 14.4 Å². The van der Waals surface area contributed by atoms with Crippen LogP contribution in [0.2, 0.25) is 0 Å². The Morgan fingerprint density at radius 1 is 1.12 bits per heavy atom. The molecule has 0 bridgehead atoms. The lowest BCUT2D eigenvalue weighted by Crippen LogP contribution is -2.01. The molecule has 0 saturated heterocycles. The van der Waals surface area contributed by atoms with Gasteiger partial charge < -0.3 is 5.11 Å². The molecule has 0 amide bonds. The molecule has 0 aliphatic rings. The van der Waals surface area contributed by atoms with Gasteiger partial charge in [-0.1, -0.05) is 6.07 Å². The molecule has 0 radical (unpaired) electrons. The Bertz CT molecular complexity index is 467. The third-order valence-corrected chi connectivity index (χ3v) is 2.28. The first-order chi connectivity index (χ1) is 7.66. The van der Waals surface area contributed by atoms with E-state index in [1.807, 2.05) is 0 Å². The second kappa shape index (κ2) is 4.37. The maximum absolute atomic E-state index is 13.2. The van der Waals surface area contributed by atoms with Crippen molar-refractivity contribution in [1.82, 2.24) is 9.97 Å². The van der Waals surface area contributed by atoms with Crippen LogP contribution in [0.25, 0.3) is 0 Å². The number of hydrogen-bond acceptors (Lipinski definition) is 3. The second-order valence-electron chi connectivity index (χ2n) is 3.64. The number of aromatic nitrogens is 2. The average Bonchev–Trinajstić information content (AvgIpc) is 2.28. The molecule has 16 heavy (non-hydrogen) atoms. The molecular weight excluding hydrogens is 207 g/mol. The maximum Gasteiger partial charge on any atom is 0.123 e. The maximum atomic E-state index is 13.2. The first kappa shape index (κ1) is 10.7. The lowest BCUT2D eigenvalue weighted by molar-refractivity contribution is 0.219. The van der Waals surface area contributed by atoms with E-state index < -0.39 is 6.10 Å². The van der Waals surface area contributed by atoms with Crippen LogP contribution >= 0.6 is 0 Å². The fourth-order valence-electron chi connectivity index (χ4n) is 1.57. The van der Waals surface area contributed by atoms with Crippen molar-refractivity contribution in [3.8, 4) is 0 Å². The summed E-state index contributed by atoms with van der Waals surface area (Å²) in [6.07, 6.45) is 3.51. The van der Waals surface area contributed by atoms with Crippen molar-refractivity contribution in [2.24, 2.45) is 0 Å². The normalized spacial score (nSPS) is 12.4. The lowest BCUT2D eigenvalue weighted by atomic mass is 10.0. The summed E-state index contributed by atoms with van der Waals surface area (Å²) in [5, 5.41) is 9.99. The van der Waals surface area contributed by atoms with Crippen LogP contribution in [0.1, 0.15) is 22.8 Å². The SMILES string of the molecule is Cc1cc(F)cc(C(O)c2cncnc2)c1. The van der Waals surface area contributed by atoms with Crippen LogP contribution in [-0.2, 0) is 0 Å². The monoisotopic (exact) mass is 218 g/mol. The summed E-state index contributed by atoms with van der Waals surface area (Å²) in [5.41, 5.74) is 1.82. The van der Waals surface area contributed by atoms with E-state index in [1.54, 1.807) is 13.0 Å². The van der Waals surface area contributed by atoms with E-state index >= 15 is 0 Å². The molecule has 1 unspecified atom stereocenters. The third kappa shape index (κ3) is 2.23. The Morgan fingerprint density at radius 2 is 1.81 bits per heavy atom. The van der Waals surface area contributed by atoms with Crippen LogP contribution in [-0.4, -0.2) is 15.1 Å². The number of nitrogens with zero attached hydrogens (tertiary/aromatic N) is 2. The zero-order chi connectivity index (χ0) is 11.5. The summed E-state index contributed by atoms with van der Waals surface area (Å²) < 4.78 is 13.2. The lowest BCUT2D eigenvalue weighted by Gasteiger charge is -2.11. The summed E-state index contributed by atoms with van der Waals surface area (Å²) in [6.45, 7) is 1.78. The number of aliphatic hydroxyl groups excluding tert-OH is 1. The molecule has 1 N–H and O–H groups in total. The average molecular weight is 218 g/mol. The highest BCUT2D eigenvalue weighted by Crippen LogP contribution is 2.22. The topological polar surface area (TPSA) is 46.0 Å². The van der Waals surface area contributed by atoms with Gasteiger partial charge in [0.2, 0.25) is 0 Å². The Labute approximate surface area is 92.6 Å². The first-order valence-corrected chi connectivity index (χ1v) is 4.87. The Kier molecular flexibility index (Phi) is 2.92. The molecule has 2 rings (SSSR count). The summed E-state index contributed by atoms with van der Waals surface area (Å²) in [6, 6.07) is 4.46. The fraction of sp³-hybridized carbons (Fsp3) is 0.167. The molecule has 82 valence electrons. The molecule has 0 saturated carbocycles. The van der Waals surface area contributed by atoms with E-state index in [9.17, 15) is 9.50 Å². The van der Waals surface area contributed by atoms with Crippen molar-refractivity contribution < 1.29 is 9.50 Å². The molecule has 3 nitrogen and oxygen atoms in total. The highest BCUT2D eigenvalue weighted by molar-refractivity contribution is 5.30.